The number of hydrogen-bond donors (Lipinski definition) is 1. The SMILES string of the molecule is Cc1ccc2nc(Cc3csc(N)n3)sc2c1. The minimum absolute atomic E-state index is 0.622. The molecule has 2 aromatic heterocycles. The maximum absolute atomic E-state index is 5.62. The molecule has 86 valence electrons. The summed E-state index contributed by atoms with van der Waals surface area (Å²) in [5.74, 6) is 0. The van der Waals surface area contributed by atoms with Gasteiger partial charge in [-0.05, 0) is 24.6 Å². The Hall–Kier alpha value is -1.46. The van der Waals surface area contributed by atoms with Crippen LogP contribution in [0, 0.1) is 6.92 Å². The summed E-state index contributed by atoms with van der Waals surface area (Å²) >= 11 is 3.20. The number of nitrogens with two attached hydrogens (primary N) is 1. The lowest BCUT2D eigenvalue weighted by molar-refractivity contribution is 1.09. The summed E-state index contributed by atoms with van der Waals surface area (Å²) in [5.41, 5.74) is 8.96. The van der Waals surface area contributed by atoms with Crippen molar-refractivity contribution in [3.63, 3.8) is 0 Å². The molecule has 0 aliphatic heterocycles. The van der Waals surface area contributed by atoms with Gasteiger partial charge in [-0.25, -0.2) is 9.97 Å². The van der Waals surface area contributed by atoms with Crippen molar-refractivity contribution < 1.29 is 0 Å². The van der Waals surface area contributed by atoms with Crippen LogP contribution in [0.15, 0.2) is 23.6 Å². The number of rotatable bonds is 2. The summed E-state index contributed by atoms with van der Waals surface area (Å²) in [6.07, 6.45) is 0.770. The van der Waals surface area contributed by atoms with Crippen molar-refractivity contribution in [3.05, 3.63) is 39.8 Å². The molecule has 0 bridgehead atoms. The average molecular weight is 261 g/mol. The van der Waals surface area contributed by atoms with Crippen LogP contribution in [-0.2, 0) is 6.42 Å². The molecule has 3 nitrogen and oxygen atoms in total. The van der Waals surface area contributed by atoms with E-state index in [0.717, 1.165) is 22.6 Å². The number of nitrogens with zero attached hydrogens (tertiary/aromatic N) is 2. The van der Waals surface area contributed by atoms with Crippen LogP contribution in [0.1, 0.15) is 16.3 Å². The van der Waals surface area contributed by atoms with Crippen LogP contribution in [0.25, 0.3) is 10.2 Å². The maximum Gasteiger partial charge on any atom is 0.180 e. The summed E-state index contributed by atoms with van der Waals surface area (Å²) in [4.78, 5) is 8.86. The predicted octanol–water partition coefficient (Wildman–Crippen LogP) is 3.23. The second-order valence-corrected chi connectivity index (χ2v) is 5.94. The van der Waals surface area contributed by atoms with E-state index in [1.54, 1.807) is 11.3 Å². The fraction of sp³-hybridized carbons (Fsp3) is 0.167. The zero-order chi connectivity index (χ0) is 11.8. The van der Waals surface area contributed by atoms with Gasteiger partial charge in [-0.15, -0.1) is 22.7 Å². The molecule has 2 heterocycles. The lowest BCUT2D eigenvalue weighted by Gasteiger charge is -1.88. The van der Waals surface area contributed by atoms with Gasteiger partial charge in [-0.1, -0.05) is 6.07 Å². The number of nitrogen functional groups attached to an aromatic ring is 1. The molecule has 17 heavy (non-hydrogen) atoms. The van der Waals surface area contributed by atoms with Gasteiger partial charge in [-0.3, -0.25) is 0 Å². The molecule has 0 radical (unpaired) electrons. The molecule has 0 saturated heterocycles. The van der Waals surface area contributed by atoms with Crippen LogP contribution in [0.4, 0.5) is 5.13 Å². The van der Waals surface area contributed by atoms with E-state index in [4.69, 9.17) is 5.73 Å². The first kappa shape index (κ1) is 10.7. The third-order valence-corrected chi connectivity index (χ3v) is 4.23. The van der Waals surface area contributed by atoms with Crippen molar-refractivity contribution in [1.29, 1.82) is 0 Å². The number of benzene rings is 1. The first-order valence-electron chi connectivity index (χ1n) is 5.26. The van der Waals surface area contributed by atoms with E-state index in [-0.39, 0.29) is 0 Å². The van der Waals surface area contributed by atoms with Crippen LogP contribution in [-0.4, -0.2) is 9.97 Å². The molecule has 0 fully saturated rings. The van der Waals surface area contributed by atoms with Crippen LogP contribution in [0.3, 0.4) is 0 Å². The third kappa shape index (κ3) is 2.16. The van der Waals surface area contributed by atoms with Gasteiger partial charge in [0, 0.05) is 11.8 Å². The minimum Gasteiger partial charge on any atom is -0.375 e. The zero-order valence-electron chi connectivity index (χ0n) is 9.30. The first-order chi connectivity index (χ1) is 8.20. The van der Waals surface area contributed by atoms with Gasteiger partial charge in [0.2, 0.25) is 0 Å². The number of aromatic nitrogens is 2. The van der Waals surface area contributed by atoms with Crippen LogP contribution in [0.2, 0.25) is 0 Å². The van der Waals surface area contributed by atoms with Crippen molar-refractivity contribution >= 4 is 38.0 Å². The normalized spacial score (nSPS) is 11.1. The molecule has 1 aromatic carbocycles. The van der Waals surface area contributed by atoms with Crippen LogP contribution in [0.5, 0.6) is 0 Å². The predicted molar refractivity (Wildman–Crippen MR) is 73.7 cm³/mol. The summed E-state index contributed by atoms with van der Waals surface area (Å²) in [5, 5.41) is 3.71. The van der Waals surface area contributed by atoms with E-state index in [0.29, 0.717) is 5.13 Å². The van der Waals surface area contributed by atoms with Crippen molar-refractivity contribution in [3.8, 4) is 0 Å². The van der Waals surface area contributed by atoms with Gasteiger partial charge >= 0.3 is 0 Å². The van der Waals surface area contributed by atoms with E-state index >= 15 is 0 Å². The molecule has 2 N–H and O–H groups in total. The Balaban J connectivity index is 1.95. The molecule has 0 aliphatic carbocycles. The van der Waals surface area contributed by atoms with Gasteiger partial charge in [0.05, 0.1) is 20.9 Å². The second kappa shape index (κ2) is 4.09. The molecule has 3 rings (SSSR count). The molecule has 0 aliphatic rings. The molecule has 0 saturated carbocycles. The van der Waals surface area contributed by atoms with Gasteiger partial charge in [0.15, 0.2) is 5.13 Å². The Bertz CT molecular complexity index is 669. The molecular formula is C12H11N3S2. The van der Waals surface area contributed by atoms with Crippen molar-refractivity contribution in [2.45, 2.75) is 13.3 Å². The highest BCUT2D eigenvalue weighted by Crippen LogP contribution is 2.25. The lowest BCUT2D eigenvalue weighted by atomic mass is 10.2. The first-order valence-corrected chi connectivity index (χ1v) is 6.96. The molecule has 0 amide bonds. The Morgan fingerprint density at radius 2 is 2.18 bits per heavy atom. The van der Waals surface area contributed by atoms with E-state index in [1.165, 1.54) is 21.6 Å². The summed E-state index contributed by atoms with van der Waals surface area (Å²) in [6.45, 7) is 2.10. The highest BCUT2D eigenvalue weighted by atomic mass is 32.1. The Morgan fingerprint density at radius 1 is 1.29 bits per heavy atom. The topological polar surface area (TPSA) is 51.8 Å². The Morgan fingerprint density at radius 3 is 2.94 bits per heavy atom. The fourth-order valence-electron chi connectivity index (χ4n) is 1.71. The second-order valence-electron chi connectivity index (χ2n) is 3.93. The summed E-state index contributed by atoms with van der Waals surface area (Å²) in [7, 11) is 0. The highest BCUT2D eigenvalue weighted by molar-refractivity contribution is 7.18. The van der Waals surface area contributed by atoms with Gasteiger partial charge in [-0.2, -0.15) is 0 Å². The van der Waals surface area contributed by atoms with Crippen molar-refractivity contribution in [2.24, 2.45) is 0 Å². The van der Waals surface area contributed by atoms with Gasteiger partial charge < -0.3 is 5.73 Å². The number of anilines is 1. The maximum atomic E-state index is 5.62. The third-order valence-electron chi connectivity index (χ3n) is 2.49. The number of fused-ring (bicyclic) bond motifs is 1. The molecule has 3 aromatic rings. The lowest BCUT2D eigenvalue weighted by Crippen LogP contribution is -1.88. The fourth-order valence-corrected chi connectivity index (χ4v) is 3.36. The zero-order valence-corrected chi connectivity index (χ0v) is 10.9. The molecular weight excluding hydrogens is 250 g/mol. The van der Waals surface area contributed by atoms with Crippen LogP contribution < -0.4 is 5.73 Å². The molecule has 0 unspecified atom stereocenters. The number of hydrogen-bond acceptors (Lipinski definition) is 5. The quantitative estimate of drug-likeness (QED) is 0.770. The highest BCUT2D eigenvalue weighted by Gasteiger charge is 2.07. The average Bonchev–Trinajstić information content (AvgIpc) is 2.84. The standard InChI is InChI=1S/C12H11N3S2/c1-7-2-3-9-10(4-7)17-11(15-9)5-8-6-16-12(13)14-8/h2-4,6H,5H2,1H3,(H2,13,14). The van der Waals surface area contributed by atoms with E-state index < -0.39 is 0 Å². The van der Waals surface area contributed by atoms with E-state index in [1.807, 2.05) is 5.38 Å². The summed E-state index contributed by atoms with van der Waals surface area (Å²) in [6, 6.07) is 6.33. The summed E-state index contributed by atoms with van der Waals surface area (Å²) < 4.78 is 1.24. The smallest absolute Gasteiger partial charge is 0.180 e. The largest absolute Gasteiger partial charge is 0.375 e. The van der Waals surface area contributed by atoms with Crippen LogP contribution >= 0.6 is 22.7 Å². The monoisotopic (exact) mass is 261 g/mol. The van der Waals surface area contributed by atoms with Crippen molar-refractivity contribution in [2.75, 3.05) is 5.73 Å². The van der Waals surface area contributed by atoms with E-state index in [2.05, 4.69) is 35.1 Å². The Kier molecular flexibility index (Phi) is 2.57. The van der Waals surface area contributed by atoms with Crippen molar-refractivity contribution in [1.82, 2.24) is 9.97 Å². The number of aryl methyl sites for hydroxylation is 1. The molecule has 0 atom stereocenters. The van der Waals surface area contributed by atoms with Gasteiger partial charge in [0.1, 0.15) is 0 Å². The number of thiazole rings is 2. The Labute approximate surface area is 107 Å². The minimum atomic E-state index is 0.622. The van der Waals surface area contributed by atoms with E-state index in [9.17, 15) is 0 Å². The molecule has 0 spiro atoms. The molecule has 5 heteroatoms. The van der Waals surface area contributed by atoms with Gasteiger partial charge in [0.25, 0.3) is 0 Å².